The van der Waals surface area contributed by atoms with Crippen LogP contribution in [0.1, 0.15) is 17.1 Å². The Labute approximate surface area is 134 Å². The highest BCUT2D eigenvalue weighted by Gasteiger charge is 2.17. The second-order valence-corrected chi connectivity index (χ2v) is 6.05. The van der Waals surface area contributed by atoms with E-state index in [1.807, 2.05) is 22.9 Å². The lowest BCUT2D eigenvalue weighted by Crippen LogP contribution is -2.03. The molecule has 0 atom stereocenters. The summed E-state index contributed by atoms with van der Waals surface area (Å²) in [6.45, 7) is 1.94. The van der Waals surface area contributed by atoms with E-state index in [4.69, 9.17) is 4.52 Å². The van der Waals surface area contributed by atoms with Gasteiger partial charge in [0.1, 0.15) is 5.69 Å². The zero-order valence-electron chi connectivity index (χ0n) is 12.3. The van der Waals surface area contributed by atoms with Crippen LogP contribution in [0.5, 0.6) is 0 Å². The number of fused-ring (bicyclic) bond motifs is 1. The van der Waals surface area contributed by atoms with E-state index in [2.05, 4.69) is 20.1 Å². The third-order valence-electron chi connectivity index (χ3n) is 3.59. The van der Waals surface area contributed by atoms with Crippen LogP contribution in [0, 0.1) is 6.92 Å². The van der Waals surface area contributed by atoms with E-state index in [0.717, 1.165) is 28.3 Å². The monoisotopic (exact) mass is 327 g/mol. The van der Waals surface area contributed by atoms with Crippen molar-refractivity contribution in [3.05, 3.63) is 57.4 Å². The van der Waals surface area contributed by atoms with Crippen LogP contribution in [0.15, 0.2) is 39.2 Å². The van der Waals surface area contributed by atoms with E-state index in [-0.39, 0.29) is 5.56 Å². The summed E-state index contributed by atoms with van der Waals surface area (Å²) in [6.07, 6.45) is 4.99. The summed E-state index contributed by atoms with van der Waals surface area (Å²) < 4.78 is 7.31. The molecule has 0 aliphatic heterocycles. The van der Waals surface area contributed by atoms with E-state index >= 15 is 0 Å². The molecule has 4 heterocycles. The van der Waals surface area contributed by atoms with Crippen molar-refractivity contribution < 1.29 is 4.52 Å². The van der Waals surface area contributed by atoms with Crippen LogP contribution in [-0.2, 0) is 12.8 Å². The number of pyridine rings is 1. The number of hydrogen-bond donors (Lipinski definition) is 1. The van der Waals surface area contributed by atoms with Gasteiger partial charge < -0.3 is 9.51 Å². The molecule has 0 aliphatic rings. The number of nitrogens with one attached hydrogen (secondary N) is 1. The minimum atomic E-state index is -0.107. The summed E-state index contributed by atoms with van der Waals surface area (Å²) in [7, 11) is 0. The molecule has 0 unspecified atom stereocenters. The predicted molar refractivity (Wildman–Crippen MR) is 85.6 cm³/mol. The Balaban J connectivity index is 1.57. The van der Waals surface area contributed by atoms with Gasteiger partial charge in [-0.05, 0) is 18.9 Å². The molecule has 0 aliphatic carbocycles. The number of thiazole rings is 1. The molecule has 0 aromatic carbocycles. The molecule has 0 saturated heterocycles. The largest absolute Gasteiger partial charge is 0.339 e. The fourth-order valence-electron chi connectivity index (χ4n) is 2.47. The topological polar surface area (TPSA) is 89.1 Å². The highest BCUT2D eigenvalue weighted by Crippen LogP contribution is 2.24. The summed E-state index contributed by atoms with van der Waals surface area (Å²) in [4.78, 5) is 23.6. The molecule has 1 N–H and O–H groups in total. The zero-order valence-corrected chi connectivity index (χ0v) is 13.1. The molecule has 7 nitrogen and oxygen atoms in total. The summed E-state index contributed by atoms with van der Waals surface area (Å²) in [5.41, 5.74) is 2.65. The maximum Gasteiger partial charge on any atom is 0.247 e. The third-order valence-corrected chi connectivity index (χ3v) is 4.35. The Morgan fingerprint density at radius 3 is 3.04 bits per heavy atom. The number of nitrogens with zero attached hydrogens (tertiary/aromatic N) is 4. The van der Waals surface area contributed by atoms with E-state index < -0.39 is 0 Å². The van der Waals surface area contributed by atoms with Gasteiger partial charge in [-0.3, -0.25) is 9.20 Å². The lowest BCUT2D eigenvalue weighted by atomic mass is 10.1. The van der Waals surface area contributed by atoms with Gasteiger partial charge in [0.2, 0.25) is 17.3 Å². The number of aromatic nitrogens is 5. The van der Waals surface area contributed by atoms with Gasteiger partial charge in [-0.1, -0.05) is 11.2 Å². The summed E-state index contributed by atoms with van der Waals surface area (Å²) in [5.74, 6) is 1.11. The Kier molecular flexibility index (Phi) is 3.30. The van der Waals surface area contributed by atoms with Crippen LogP contribution in [0.25, 0.3) is 16.5 Å². The van der Waals surface area contributed by atoms with Gasteiger partial charge in [0, 0.05) is 30.3 Å². The second kappa shape index (κ2) is 5.47. The predicted octanol–water partition coefficient (Wildman–Crippen LogP) is 2.23. The molecular formula is C15H13N5O2S. The highest BCUT2D eigenvalue weighted by atomic mass is 32.1. The number of aromatic amines is 1. The normalized spacial score (nSPS) is 11.3. The zero-order chi connectivity index (χ0) is 15.8. The number of H-pyrrole nitrogens is 1. The second-order valence-electron chi connectivity index (χ2n) is 5.17. The summed E-state index contributed by atoms with van der Waals surface area (Å²) >= 11 is 1.57. The van der Waals surface area contributed by atoms with Crippen LogP contribution >= 0.6 is 11.3 Å². The van der Waals surface area contributed by atoms with Crippen LogP contribution in [0.4, 0.5) is 0 Å². The highest BCUT2D eigenvalue weighted by molar-refractivity contribution is 7.15. The van der Waals surface area contributed by atoms with Gasteiger partial charge in [0.25, 0.3) is 0 Å². The molecule has 0 radical (unpaired) electrons. The van der Waals surface area contributed by atoms with E-state index in [0.29, 0.717) is 18.1 Å². The van der Waals surface area contributed by atoms with Crippen molar-refractivity contribution in [3.63, 3.8) is 0 Å². The molecule has 0 amide bonds. The molecule has 116 valence electrons. The van der Waals surface area contributed by atoms with Gasteiger partial charge in [0.05, 0.1) is 5.69 Å². The van der Waals surface area contributed by atoms with E-state index in [1.165, 1.54) is 6.07 Å². The van der Waals surface area contributed by atoms with Gasteiger partial charge in [-0.15, -0.1) is 11.3 Å². The fourth-order valence-corrected chi connectivity index (χ4v) is 3.23. The molecule has 0 spiro atoms. The van der Waals surface area contributed by atoms with Crippen LogP contribution in [0.2, 0.25) is 0 Å². The standard InChI is InChI=1S/C15H13N5O2S/c1-9-13(20-6-7-23-15(20)17-9)14-18-12(22-19-14)5-3-10-2-4-11(21)16-8-10/h2,4,6-8H,3,5H2,1H3,(H,16,21). The van der Waals surface area contributed by atoms with Crippen molar-refractivity contribution in [1.82, 2.24) is 24.5 Å². The molecule has 23 heavy (non-hydrogen) atoms. The first-order valence-electron chi connectivity index (χ1n) is 7.13. The van der Waals surface area contributed by atoms with Gasteiger partial charge in [-0.25, -0.2) is 4.98 Å². The molecule has 8 heteroatoms. The van der Waals surface area contributed by atoms with Crippen molar-refractivity contribution in [2.75, 3.05) is 0 Å². The summed E-state index contributed by atoms with van der Waals surface area (Å²) in [6, 6.07) is 3.31. The maximum atomic E-state index is 11.0. The molecule has 4 aromatic rings. The molecule has 0 bridgehead atoms. The molecule has 0 fully saturated rings. The van der Waals surface area contributed by atoms with Crippen molar-refractivity contribution in [1.29, 1.82) is 0 Å². The minimum Gasteiger partial charge on any atom is -0.339 e. The van der Waals surface area contributed by atoms with Crippen molar-refractivity contribution in [2.24, 2.45) is 0 Å². The number of hydrogen-bond acceptors (Lipinski definition) is 6. The van der Waals surface area contributed by atoms with Crippen LogP contribution < -0.4 is 5.56 Å². The van der Waals surface area contributed by atoms with Crippen LogP contribution in [-0.4, -0.2) is 24.5 Å². The number of imidazole rings is 1. The Morgan fingerprint density at radius 2 is 2.22 bits per heavy atom. The smallest absolute Gasteiger partial charge is 0.247 e. The number of rotatable bonds is 4. The fraction of sp³-hybridized carbons (Fsp3) is 0.200. The van der Waals surface area contributed by atoms with Crippen LogP contribution in [0.3, 0.4) is 0 Å². The Bertz CT molecular complexity index is 1010. The van der Waals surface area contributed by atoms with Crippen molar-refractivity contribution >= 4 is 16.3 Å². The average molecular weight is 327 g/mol. The Hall–Kier alpha value is -2.74. The van der Waals surface area contributed by atoms with Gasteiger partial charge in [-0.2, -0.15) is 4.98 Å². The summed E-state index contributed by atoms with van der Waals surface area (Å²) in [5, 5.41) is 6.05. The lowest BCUT2D eigenvalue weighted by Gasteiger charge is -1.96. The number of aryl methyl sites for hydroxylation is 3. The van der Waals surface area contributed by atoms with Crippen molar-refractivity contribution in [2.45, 2.75) is 19.8 Å². The van der Waals surface area contributed by atoms with Crippen molar-refractivity contribution in [3.8, 4) is 11.5 Å². The minimum absolute atomic E-state index is 0.107. The first kappa shape index (κ1) is 13.9. The van der Waals surface area contributed by atoms with E-state index in [9.17, 15) is 4.79 Å². The van der Waals surface area contributed by atoms with Gasteiger partial charge in [0.15, 0.2) is 4.96 Å². The molecular weight excluding hydrogens is 314 g/mol. The third kappa shape index (κ3) is 2.57. The SMILES string of the molecule is Cc1nc2sccn2c1-c1noc(CCc2ccc(=O)[nH]c2)n1. The van der Waals surface area contributed by atoms with E-state index in [1.54, 1.807) is 23.6 Å². The molecule has 0 saturated carbocycles. The lowest BCUT2D eigenvalue weighted by molar-refractivity contribution is 0.378. The maximum absolute atomic E-state index is 11.0. The Morgan fingerprint density at radius 1 is 1.30 bits per heavy atom. The average Bonchev–Trinajstić information content (AvgIpc) is 3.22. The van der Waals surface area contributed by atoms with Gasteiger partial charge >= 0.3 is 0 Å². The quantitative estimate of drug-likeness (QED) is 0.621. The molecule has 4 aromatic heterocycles. The first-order chi connectivity index (χ1) is 11.2. The first-order valence-corrected chi connectivity index (χ1v) is 8.01. The molecule has 4 rings (SSSR count).